The van der Waals surface area contributed by atoms with Gasteiger partial charge in [-0.3, -0.25) is 9.59 Å². The van der Waals surface area contributed by atoms with Gasteiger partial charge in [0.25, 0.3) is 11.8 Å². The number of hydrogen-bond donors (Lipinski definition) is 1. The highest BCUT2D eigenvalue weighted by atomic mass is 19.1. The molecule has 0 radical (unpaired) electrons. The van der Waals surface area contributed by atoms with Crippen LogP contribution < -0.4 is 0 Å². The van der Waals surface area contributed by atoms with Gasteiger partial charge < -0.3 is 14.9 Å². The van der Waals surface area contributed by atoms with Crippen LogP contribution in [0.4, 0.5) is 4.39 Å². The van der Waals surface area contributed by atoms with Crippen LogP contribution in [0.5, 0.6) is 0 Å². The molecule has 1 saturated heterocycles. The molecule has 0 spiro atoms. The van der Waals surface area contributed by atoms with Gasteiger partial charge in [-0.1, -0.05) is 42.5 Å². The van der Waals surface area contributed by atoms with Crippen LogP contribution in [0.2, 0.25) is 0 Å². The van der Waals surface area contributed by atoms with E-state index in [1.54, 1.807) is 15.9 Å². The van der Waals surface area contributed by atoms with Gasteiger partial charge in [-0.2, -0.15) is 0 Å². The monoisotopic (exact) mass is 418 g/mol. The van der Waals surface area contributed by atoms with E-state index in [0.29, 0.717) is 44.6 Å². The smallest absolute Gasteiger partial charge is 0.256 e. The number of carbonyl (C=O) groups is 2. The summed E-state index contributed by atoms with van der Waals surface area (Å²) in [6, 6.07) is 18.6. The van der Waals surface area contributed by atoms with Gasteiger partial charge in [-0.25, -0.2) is 4.39 Å². The molecule has 2 fully saturated rings. The molecule has 0 atom stereocenters. The van der Waals surface area contributed by atoms with E-state index >= 15 is 0 Å². The molecule has 1 aliphatic heterocycles. The second-order valence-electron chi connectivity index (χ2n) is 8.37. The Kier molecular flexibility index (Phi) is 4.74. The van der Waals surface area contributed by atoms with Crippen LogP contribution in [0.1, 0.15) is 23.2 Å². The number of amides is 2. The summed E-state index contributed by atoms with van der Waals surface area (Å²) >= 11 is 0. The first-order valence-electron chi connectivity index (χ1n) is 10.5. The van der Waals surface area contributed by atoms with E-state index in [2.05, 4.69) is 0 Å². The first-order valence-corrected chi connectivity index (χ1v) is 10.5. The molecule has 2 amide bonds. The zero-order valence-corrected chi connectivity index (χ0v) is 17.1. The number of rotatable bonds is 3. The van der Waals surface area contributed by atoms with Crippen molar-refractivity contribution in [2.75, 3.05) is 26.2 Å². The third kappa shape index (κ3) is 3.68. The molecule has 0 unspecified atom stereocenters. The maximum Gasteiger partial charge on any atom is 0.256 e. The molecule has 158 valence electrons. The predicted octanol–water partition coefficient (Wildman–Crippen LogP) is 3.46. The summed E-state index contributed by atoms with van der Waals surface area (Å²) < 4.78 is 14.9. The number of aliphatic hydroxyl groups is 1. The van der Waals surface area contributed by atoms with Gasteiger partial charge in [0.1, 0.15) is 11.4 Å². The summed E-state index contributed by atoms with van der Waals surface area (Å²) in [6.07, 6.45) is 0.999. The van der Waals surface area contributed by atoms with Crippen molar-refractivity contribution in [3.8, 4) is 11.1 Å². The van der Waals surface area contributed by atoms with Crippen LogP contribution in [0.25, 0.3) is 21.9 Å². The molecule has 3 aromatic rings. The highest BCUT2D eigenvalue weighted by molar-refractivity contribution is 5.96. The summed E-state index contributed by atoms with van der Waals surface area (Å²) in [7, 11) is 0. The van der Waals surface area contributed by atoms with E-state index in [0.717, 1.165) is 16.3 Å². The lowest BCUT2D eigenvalue weighted by Crippen LogP contribution is -2.53. The van der Waals surface area contributed by atoms with Crippen molar-refractivity contribution in [2.24, 2.45) is 0 Å². The maximum atomic E-state index is 14.9. The Balaban J connectivity index is 1.30. The first-order chi connectivity index (χ1) is 14.9. The third-order valence-corrected chi connectivity index (χ3v) is 6.26. The van der Waals surface area contributed by atoms with Crippen LogP contribution >= 0.6 is 0 Å². The Bertz CT molecular complexity index is 1180. The molecule has 1 N–H and O–H groups in total. The molecule has 5 rings (SSSR count). The van der Waals surface area contributed by atoms with Crippen LogP contribution in [-0.4, -0.2) is 58.5 Å². The molecule has 5 nitrogen and oxygen atoms in total. The Hall–Kier alpha value is -3.25. The fourth-order valence-corrected chi connectivity index (χ4v) is 4.15. The zero-order chi connectivity index (χ0) is 21.6. The first kappa shape index (κ1) is 19.7. The minimum atomic E-state index is -1.20. The zero-order valence-electron chi connectivity index (χ0n) is 17.1. The van der Waals surface area contributed by atoms with Crippen molar-refractivity contribution in [3.05, 3.63) is 72.0 Å². The Morgan fingerprint density at radius 1 is 0.806 bits per heavy atom. The summed E-state index contributed by atoms with van der Waals surface area (Å²) in [5.41, 5.74) is 0.441. The minimum absolute atomic E-state index is 0.0325. The lowest BCUT2D eigenvalue weighted by Gasteiger charge is -2.35. The Labute approximate surface area is 179 Å². The van der Waals surface area contributed by atoms with Gasteiger partial charge in [-0.15, -0.1) is 0 Å². The van der Waals surface area contributed by atoms with E-state index in [-0.39, 0.29) is 17.4 Å². The number of carbonyl (C=O) groups excluding carboxylic acids is 2. The summed E-state index contributed by atoms with van der Waals surface area (Å²) in [6.45, 7) is 1.35. The van der Waals surface area contributed by atoms with Crippen molar-refractivity contribution in [2.45, 2.75) is 18.4 Å². The average Bonchev–Trinajstić information content (AvgIpc) is 3.56. The number of nitrogens with zero attached hydrogens (tertiary/aromatic N) is 2. The molecular formula is C25H23FN2O3. The van der Waals surface area contributed by atoms with E-state index < -0.39 is 11.4 Å². The molecule has 1 saturated carbocycles. The van der Waals surface area contributed by atoms with E-state index in [4.69, 9.17) is 0 Å². The highest BCUT2D eigenvalue weighted by Crippen LogP contribution is 2.37. The van der Waals surface area contributed by atoms with E-state index in [1.807, 2.05) is 42.5 Å². The lowest BCUT2D eigenvalue weighted by atomic mass is 9.99. The van der Waals surface area contributed by atoms with Crippen molar-refractivity contribution < 1.29 is 19.1 Å². The molecule has 31 heavy (non-hydrogen) atoms. The highest BCUT2D eigenvalue weighted by Gasteiger charge is 2.50. The molecule has 1 heterocycles. The predicted molar refractivity (Wildman–Crippen MR) is 116 cm³/mol. The molecular weight excluding hydrogens is 395 g/mol. The SMILES string of the molecule is O=C(c1ccc(-c2ccc3ccccc3c2)cc1F)N1CCN(C(=O)C2(O)CC2)CC1. The normalized spacial score (nSPS) is 17.6. The van der Waals surface area contributed by atoms with Crippen LogP contribution in [-0.2, 0) is 4.79 Å². The molecule has 0 bridgehead atoms. The third-order valence-electron chi connectivity index (χ3n) is 6.26. The van der Waals surface area contributed by atoms with Crippen LogP contribution in [0.15, 0.2) is 60.7 Å². The van der Waals surface area contributed by atoms with Crippen LogP contribution in [0, 0.1) is 5.82 Å². The summed E-state index contributed by atoms with van der Waals surface area (Å²) in [5.74, 6) is -1.19. The fraction of sp³-hybridized carbons (Fsp3) is 0.280. The number of halogens is 1. The van der Waals surface area contributed by atoms with E-state index in [9.17, 15) is 19.1 Å². The topological polar surface area (TPSA) is 60.9 Å². The maximum absolute atomic E-state index is 14.9. The van der Waals surface area contributed by atoms with Gasteiger partial charge in [0.2, 0.25) is 0 Å². The van der Waals surface area contributed by atoms with Gasteiger partial charge in [0.15, 0.2) is 0 Å². The molecule has 0 aromatic heterocycles. The summed E-state index contributed by atoms with van der Waals surface area (Å²) in [4.78, 5) is 28.3. The molecule has 2 aliphatic rings. The minimum Gasteiger partial charge on any atom is -0.380 e. The van der Waals surface area contributed by atoms with Crippen molar-refractivity contribution >= 4 is 22.6 Å². The van der Waals surface area contributed by atoms with Gasteiger partial charge in [0, 0.05) is 26.2 Å². The standard InChI is InChI=1S/C25H23FN2O3/c26-22-16-20(19-6-5-17-3-1-2-4-18(17)15-19)7-8-21(22)23(29)27-11-13-28(14-12-27)24(30)25(31)9-10-25/h1-8,15-16,31H,9-14H2. The second-order valence-corrected chi connectivity index (χ2v) is 8.37. The quantitative estimate of drug-likeness (QED) is 0.709. The Morgan fingerprint density at radius 2 is 1.42 bits per heavy atom. The average molecular weight is 418 g/mol. The fourth-order valence-electron chi connectivity index (χ4n) is 4.15. The number of hydrogen-bond acceptors (Lipinski definition) is 3. The van der Waals surface area contributed by atoms with Crippen molar-refractivity contribution in [3.63, 3.8) is 0 Å². The van der Waals surface area contributed by atoms with Gasteiger partial charge >= 0.3 is 0 Å². The van der Waals surface area contributed by atoms with E-state index in [1.165, 1.54) is 12.1 Å². The van der Waals surface area contributed by atoms with Crippen molar-refractivity contribution in [1.29, 1.82) is 0 Å². The molecule has 3 aromatic carbocycles. The second kappa shape index (κ2) is 7.46. The number of fused-ring (bicyclic) bond motifs is 1. The number of piperazine rings is 1. The summed E-state index contributed by atoms with van der Waals surface area (Å²) in [5, 5.41) is 12.2. The number of benzene rings is 3. The molecule has 1 aliphatic carbocycles. The Morgan fingerprint density at radius 3 is 2.10 bits per heavy atom. The lowest BCUT2D eigenvalue weighted by molar-refractivity contribution is -0.143. The molecule has 6 heteroatoms. The van der Waals surface area contributed by atoms with Crippen molar-refractivity contribution in [1.82, 2.24) is 9.80 Å². The van der Waals surface area contributed by atoms with Gasteiger partial charge in [-0.05, 0) is 52.9 Å². The van der Waals surface area contributed by atoms with Crippen LogP contribution in [0.3, 0.4) is 0 Å². The van der Waals surface area contributed by atoms with Gasteiger partial charge in [0.05, 0.1) is 5.56 Å². The largest absolute Gasteiger partial charge is 0.380 e.